The lowest BCUT2D eigenvalue weighted by atomic mass is 9.93. The van der Waals surface area contributed by atoms with Crippen molar-refractivity contribution < 1.29 is 0 Å². The van der Waals surface area contributed by atoms with Gasteiger partial charge in [-0.15, -0.1) is 0 Å². The van der Waals surface area contributed by atoms with Crippen molar-refractivity contribution in [1.29, 1.82) is 10.8 Å². The van der Waals surface area contributed by atoms with Crippen molar-refractivity contribution in [2.75, 3.05) is 0 Å². The van der Waals surface area contributed by atoms with Gasteiger partial charge in [0.2, 0.25) is 0 Å². The van der Waals surface area contributed by atoms with Crippen LogP contribution in [0.5, 0.6) is 0 Å². The van der Waals surface area contributed by atoms with Gasteiger partial charge in [0.05, 0.1) is 60.4 Å². The molecule has 2 nitrogen and oxygen atoms in total. The highest BCUT2D eigenvalue weighted by Gasteiger charge is 2.16. The lowest BCUT2D eigenvalue weighted by molar-refractivity contribution is 1.48. The Morgan fingerprint density at radius 1 is 0.700 bits per heavy atom. The normalized spacial score (nSPS) is 17.2. The van der Waals surface area contributed by atoms with Crippen LogP contribution in [0.4, 0.5) is 0 Å². The van der Waals surface area contributed by atoms with Crippen molar-refractivity contribution >= 4 is 22.6 Å². The molecule has 0 saturated heterocycles. The van der Waals surface area contributed by atoms with Gasteiger partial charge in [-0.1, -0.05) is 6.07 Å². The molecule has 2 aliphatic carbocycles. The Morgan fingerprint density at radius 2 is 1.20 bits per heavy atom. The predicted octanol–water partition coefficient (Wildman–Crippen LogP) is 4.04. The van der Waals surface area contributed by atoms with Crippen molar-refractivity contribution in [3.05, 3.63) is 84.7 Å². The van der Waals surface area contributed by atoms with E-state index in [-0.39, 0.29) is 0 Å². The minimum Gasteiger partial charge on any atom is -0.275 e. The fraction of sp³-hybridized carbons (Fsp3) is 0. The molecule has 0 bridgehead atoms. The van der Waals surface area contributed by atoms with E-state index in [1.54, 1.807) is 25.0 Å². The summed E-state index contributed by atoms with van der Waals surface area (Å²) in [6.07, 6.45) is 15.1. The van der Waals surface area contributed by atoms with Crippen molar-refractivity contribution in [2.24, 2.45) is 0 Å². The molecular formula is C18H14N2+2. The van der Waals surface area contributed by atoms with Crippen LogP contribution in [0, 0.1) is 23.7 Å². The van der Waals surface area contributed by atoms with E-state index in [2.05, 4.69) is 18.2 Å². The number of rotatable bonds is 2. The van der Waals surface area contributed by atoms with Gasteiger partial charge >= 0.3 is 0 Å². The molecule has 94 valence electrons. The van der Waals surface area contributed by atoms with E-state index >= 15 is 0 Å². The minimum atomic E-state index is 0.524. The molecule has 0 amide bonds. The lowest BCUT2D eigenvalue weighted by Gasteiger charge is -2.04. The second-order valence-corrected chi connectivity index (χ2v) is 4.74. The minimum absolute atomic E-state index is 0.524. The topological polar surface area (TPSA) is 47.7 Å². The largest absolute Gasteiger partial charge is 0.275 e. The number of hydrogen-bond donors (Lipinski definition) is 2. The molecule has 20 heavy (non-hydrogen) atoms. The van der Waals surface area contributed by atoms with Crippen molar-refractivity contribution in [1.82, 2.24) is 0 Å². The summed E-state index contributed by atoms with van der Waals surface area (Å²) in [4.78, 5) is 0. The zero-order valence-corrected chi connectivity index (χ0v) is 10.9. The zero-order chi connectivity index (χ0) is 13.9. The van der Waals surface area contributed by atoms with Gasteiger partial charge in [0, 0.05) is 11.1 Å². The molecule has 0 aliphatic heterocycles. The van der Waals surface area contributed by atoms with Gasteiger partial charge in [0.15, 0.2) is 11.4 Å². The first-order valence-corrected chi connectivity index (χ1v) is 6.46. The second kappa shape index (κ2) is 5.10. The highest BCUT2D eigenvalue weighted by atomic mass is 14.4. The van der Waals surface area contributed by atoms with Gasteiger partial charge in [-0.05, 0) is 18.2 Å². The second-order valence-electron chi connectivity index (χ2n) is 4.74. The Kier molecular flexibility index (Phi) is 3.13. The van der Waals surface area contributed by atoms with Gasteiger partial charge in [0.1, 0.15) is 0 Å². The highest BCUT2D eigenvalue weighted by Crippen LogP contribution is 2.25. The molecule has 0 fully saturated rings. The van der Waals surface area contributed by atoms with Gasteiger partial charge in [-0.2, -0.15) is 0 Å². The van der Waals surface area contributed by atoms with Crippen LogP contribution in [0.25, 0.3) is 11.1 Å². The summed E-state index contributed by atoms with van der Waals surface area (Å²) in [5.41, 5.74) is 5.54. The standard InChI is InChI=1S/C18H14N2/c19-17-8-4-13(5-9-17)15-2-1-3-16(12-15)14-6-10-18(20)11-7-14/h1-12,19-20H/q+2. The third-order valence-electron chi connectivity index (χ3n) is 3.30. The lowest BCUT2D eigenvalue weighted by Crippen LogP contribution is -1.98. The van der Waals surface area contributed by atoms with Crippen molar-refractivity contribution in [2.45, 2.75) is 0 Å². The fourth-order valence-electron chi connectivity index (χ4n) is 2.20. The third-order valence-corrected chi connectivity index (χ3v) is 3.30. The fourth-order valence-corrected chi connectivity index (χ4v) is 2.20. The molecule has 2 N–H and O–H groups in total. The van der Waals surface area contributed by atoms with E-state index in [1.807, 2.05) is 30.4 Å². The first-order valence-electron chi connectivity index (χ1n) is 6.46. The van der Waals surface area contributed by atoms with Crippen LogP contribution in [0.1, 0.15) is 11.1 Å². The van der Waals surface area contributed by atoms with E-state index < -0.39 is 0 Å². The number of benzene rings is 1. The van der Waals surface area contributed by atoms with Crippen LogP contribution in [-0.2, 0) is 0 Å². The van der Waals surface area contributed by atoms with Gasteiger partial charge < -0.3 is 0 Å². The van der Waals surface area contributed by atoms with Crippen LogP contribution in [0.3, 0.4) is 0 Å². The number of allylic oxidation sites excluding steroid dienone is 8. The zero-order valence-electron chi connectivity index (χ0n) is 10.9. The quantitative estimate of drug-likeness (QED) is 0.752. The Bertz CT molecular complexity index is 643. The highest BCUT2D eigenvalue weighted by molar-refractivity contribution is 6.07. The van der Waals surface area contributed by atoms with E-state index in [4.69, 9.17) is 10.8 Å². The summed E-state index contributed by atoms with van der Waals surface area (Å²) in [6.45, 7) is 0. The van der Waals surface area contributed by atoms with Crippen LogP contribution in [-0.4, -0.2) is 11.4 Å². The molecule has 2 heteroatoms. The molecule has 0 unspecified atom stereocenters. The average molecular weight is 258 g/mol. The molecule has 0 saturated carbocycles. The van der Waals surface area contributed by atoms with Gasteiger partial charge in [0.25, 0.3) is 0 Å². The maximum atomic E-state index is 7.53. The van der Waals surface area contributed by atoms with E-state index in [9.17, 15) is 0 Å². The van der Waals surface area contributed by atoms with Gasteiger partial charge in [-0.3, -0.25) is 10.8 Å². The first-order chi connectivity index (χ1) is 9.72. The number of hydrogen-bond acceptors (Lipinski definition) is 2. The smallest absolute Gasteiger partial charge is 0.165 e. The Balaban J connectivity index is 1.91. The predicted molar refractivity (Wildman–Crippen MR) is 84.7 cm³/mol. The van der Waals surface area contributed by atoms with Crippen LogP contribution >= 0.6 is 0 Å². The summed E-state index contributed by atoms with van der Waals surface area (Å²) in [7, 11) is 0. The average Bonchev–Trinajstić information content (AvgIpc) is 2.49. The molecular weight excluding hydrogens is 244 g/mol. The van der Waals surface area contributed by atoms with Crippen LogP contribution in [0.2, 0.25) is 0 Å². The monoisotopic (exact) mass is 258 g/mol. The maximum Gasteiger partial charge on any atom is 0.165 e. The van der Waals surface area contributed by atoms with E-state index in [0.29, 0.717) is 11.4 Å². The van der Waals surface area contributed by atoms with Crippen molar-refractivity contribution in [3.63, 3.8) is 0 Å². The molecule has 0 radical (unpaired) electrons. The third kappa shape index (κ3) is 2.50. The SMILES string of the molecule is N=C1C=CC(c2cccc(C3=C[CH+]C(=N)C=C3)c2)=C[CH+]1. The summed E-state index contributed by atoms with van der Waals surface area (Å²) >= 11 is 0. The number of nitrogens with one attached hydrogen (secondary N) is 2. The molecule has 3 rings (SSSR count). The molecule has 1 aromatic carbocycles. The Hall–Kier alpha value is -2.74. The molecule has 1 aromatic rings. The maximum absolute atomic E-state index is 7.53. The molecule has 2 aliphatic rings. The Labute approximate surface area is 118 Å². The summed E-state index contributed by atoms with van der Waals surface area (Å²) in [6, 6.07) is 8.31. The van der Waals surface area contributed by atoms with E-state index in [0.717, 1.165) is 22.3 Å². The van der Waals surface area contributed by atoms with Crippen LogP contribution in [0.15, 0.2) is 60.7 Å². The Morgan fingerprint density at radius 3 is 1.60 bits per heavy atom. The summed E-state index contributed by atoms with van der Waals surface area (Å²) in [5, 5.41) is 15.1. The van der Waals surface area contributed by atoms with Crippen molar-refractivity contribution in [3.8, 4) is 0 Å². The summed E-state index contributed by atoms with van der Waals surface area (Å²) < 4.78 is 0. The molecule has 0 aromatic heterocycles. The molecule has 0 spiro atoms. The summed E-state index contributed by atoms with van der Waals surface area (Å²) in [5.74, 6) is 0. The van der Waals surface area contributed by atoms with Crippen LogP contribution < -0.4 is 0 Å². The van der Waals surface area contributed by atoms with Gasteiger partial charge in [-0.25, -0.2) is 0 Å². The first kappa shape index (κ1) is 12.3. The van der Waals surface area contributed by atoms with E-state index in [1.165, 1.54) is 0 Å². The molecule has 0 atom stereocenters. The molecule has 0 heterocycles.